The molecule has 1 atom stereocenters. The van der Waals surface area contributed by atoms with Gasteiger partial charge in [0, 0.05) is 19.3 Å². The number of nitrogens with zero attached hydrogens (tertiary/aromatic N) is 1. The van der Waals surface area contributed by atoms with Crippen molar-refractivity contribution in [2.24, 2.45) is 13.0 Å². The van der Waals surface area contributed by atoms with E-state index < -0.39 is 22.0 Å². The summed E-state index contributed by atoms with van der Waals surface area (Å²) in [4.78, 5) is 11.6. The fraction of sp³-hybridized carbons (Fsp3) is 0.462. The van der Waals surface area contributed by atoms with Crippen LogP contribution < -0.4 is 4.72 Å². The summed E-state index contributed by atoms with van der Waals surface area (Å²) in [5.74, 6) is -0.648. The van der Waals surface area contributed by atoms with E-state index in [-0.39, 0.29) is 16.5 Å². The van der Waals surface area contributed by atoms with Crippen LogP contribution in [0.5, 0.6) is 0 Å². The van der Waals surface area contributed by atoms with Crippen LogP contribution in [-0.2, 0) is 21.8 Å². The van der Waals surface area contributed by atoms with Crippen molar-refractivity contribution in [3.8, 4) is 0 Å². The fourth-order valence-corrected chi connectivity index (χ4v) is 3.34. The highest BCUT2D eigenvalue weighted by atomic mass is 32.2. The van der Waals surface area contributed by atoms with Gasteiger partial charge >= 0.3 is 5.97 Å². The van der Waals surface area contributed by atoms with Gasteiger partial charge in [0.2, 0.25) is 10.0 Å². The van der Waals surface area contributed by atoms with Crippen molar-refractivity contribution in [2.45, 2.75) is 24.8 Å². The molecule has 1 aromatic heterocycles. The van der Waals surface area contributed by atoms with E-state index in [1.54, 1.807) is 7.05 Å². The zero-order chi connectivity index (χ0) is 15.5. The lowest BCUT2D eigenvalue weighted by atomic mass is 10.1. The number of methoxy groups -OCH3 is 1. The summed E-state index contributed by atoms with van der Waals surface area (Å²) < 4.78 is 33.3. The molecule has 0 spiro atoms. The van der Waals surface area contributed by atoms with Gasteiger partial charge in [-0.2, -0.15) is 0 Å². The predicted octanol–water partition coefficient (Wildman–Crippen LogP) is 1.30. The van der Waals surface area contributed by atoms with E-state index in [0.717, 1.165) is 0 Å². The molecule has 0 bridgehead atoms. The van der Waals surface area contributed by atoms with Gasteiger partial charge in [-0.15, -0.1) is 6.58 Å². The number of hydrogen-bond acceptors (Lipinski definition) is 4. The fourth-order valence-electron chi connectivity index (χ4n) is 1.76. The second-order valence-electron chi connectivity index (χ2n) is 4.76. The first-order valence-electron chi connectivity index (χ1n) is 6.13. The largest absolute Gasteiger partial charge is 0.464 e. The van der Waals surface area contributed by atoms with Crippen molar-refractivity contribution in [3.63, 3.8) is 0 Å². The molecular formula is C13H20N2O4S. The van der Waals surface area contributed by atoms with Gasteiger partial charge in [0.25, 0.3) is 0 Å². The zero-order valence-corrected chi connectivity index (χ0v) is 12.9. The van der Waals surface area contributed by atoms with Crippen molar-refractivity contribution < 1.29 is 17.9 Å². The monoisotopic (exact) mass is 300 g/mol. The molecule has 0 saturated heterocycles. The van der Waals surface area contributed by atoms with Crippen LogP contribution in [0.25, 0.3) is 0 Å². The molecule has 0 fully saturated rings. The highest BCUT2D eigenvalue weighted by Gasteiger charge is 2.28. The Balaban J connectivity index is 3.23. The van der Waals surface area contributed by atoms with Gasteiger partial charge in [-0.25, -0.2) is 17.9 Å². The maximum Gasteiger partial charge on any atom is 0.356 e. The number of ether oxygens (including phenoxy) is 1. The van der Waals surface area contributed by atoms with Crippen LogP contribution in [0.1, 0.15) is 24.3 Å². The lowest BCUT2D eigenvalue weighted by Gasteiger charge is -2.18. The molecule has 1 heterocycles. The highest BCUT2D eigenvalue weighted by Crippen LogP contribution is 2.19. The summed E-state index contributed by atoms with van der Waals surface area (Å²) in [6.07, 6.45) is 3.03. The Morgan fingerprint density at radius 1 is 1.50 bits per heavy atom. The molecule has 1 aromatic rings. The summed E-state index contributed by atoms with van der Waals surface area (Å²) in [5, 5.41) is 0. The minimum Gasteiger partial charge on any atom is -0.464 e. The Labute approximate surface area is 119 Å². The molecule has 0 aliphatic heterocycles. The van der Waals surface area contributed by atoms with Crippen LogP contribution in [0.15, 0.2) is 29.8 Å². The number of rotatable bonds is 6. The van der Waals surface area contributed by atoms with Crippen LogP contribution in [0.2, 0.25) is 0 Å². The third kappa shape index (κ3) is 3.29. The van der Waals surface area contributed by atoms with Gasteiger partial charge in [-0.3, -0.25) is 0 Å². The van der Waals surface area contributed by atoms with Crippen molar-refractivity contribution in [1.29, 1.82) is 0 Å². The highest BCUT2D eigenvalue weighted by molar-refractivity contribution is 7.89. The van der Waals surface area contributed by atoms with E-state index in [1.807, 2.05) is 13.8 Å². The maximum absolute atomic E-state index is 12.4. The zero-order valence-electron chi connectivity index (χ0n) is 12.1. The molecule has 0 aliphatic carbocycles. The summed E-state index contributed by atoms with van der Waals surface area (Å²) in [6.45, 7) is 7.37. The third-order valence-electron chi connectivity index (χ3n) is 2.97. The van der Waals surface area contributed by atoms with Crippen LogP contribution in [-0.4, -0.2) is 32.1 Å². The van der Waals surface area contributed by atoms with Gasteiger partial charge in [0.05, 0.1) is 7.11 Å². The summed E-state index contributed by atoms with van der Waals surface area (Å²) in [6, 6.07) is 0.959. The molecule has 6 nitrogen and oxygen atoms in total. The van der Waals surface area contributed by atoms with E-state index in [9.17, 15) is 13.2 Å². The number of hydrogen-bond donors (Lipinski definition) is 1. The average molecular weight is 300 g/mol. The number of aryl methyl sites for hydroxylation is 1. The summed E-state index contributed by atoms with van der Waals surface area (Å²) in [7, 11) is -1.03. The number of carbonyl (C=O) groups excluding carboxylic acids is 1. The first-order chi connectivity index (χ1) is 9.24. The SMILES string of the molecule is C=CC(NS(=O)(=O)c1ccn(C)c1C(=O)OC)C(C)C. The van der Waals surface area contributed by atoms with Crippen LogP contribution >= 0.6 is 0 Å². The molecule has 20 heavy (non-hydrogen) atoms. The van der Waals surface area contributed by atoms with Gasteiger partial charge in [-0.05, 0) is 12.0 Å². The van der Waals surface area contributed by atoms with Gasteiger partial charge in [-0.1, -0.05) is 19.9 Å². The van der Waals surface area contributed by atoms with E-state index in [0.29, 0.717) is 0 Å². The molecule has 0 saturated carbocycles. The smallest absolute Gasteiger partial charge is 0.356 e. The minimum atomic E-state index is -3.82. The number of esters is 1. The summed E-state index contributed by atoms with van der Waals surface area (Å²) in [5.41, 5.74) is -0.00781. The maximum atomic E-state index is 12.4. The van der Waals surface area contributed by atoms with Crippen LogP contribution in [0.3, 0.4) is 0 Å². The Morgan fingerprint density at radius 2 is 2.10 bits per heavy atom. The number of carbonyl (C=O) groups is 1. The molecule has 0 amide bonds. The molecule has 1 N–H and O–H groups in total. The number of aromatic nitrogens is 1. The molecule has 0 radical (unpaired) electrons. The second kappa shape index (κ2) is 6.23. The topological polar surface area (TPSA) is 77.4 Å². The minimum absolute atomic E-state index is 0.00781. The van der Waals surface area contributed by atoms with E-state index in [1.165, 1.54) is 30.0 Å². The van der Waals surface area contributed by atoms with Gasteiger partial charge < -0.3 is 9.30 Å². The van der Waals surface area contributed by atoms with Crippen molar-refractivity contribution in [1.82, 2.24) is 9.29 Å². The second-order valence-corrected chi connectivity index (χ2v) is 6.44. The Kier molecular flexibility index (Phi) is 5.13. The van der Waals surface area contributed by atoms with E-state index >= 15 is 0 Å². The Bertz CT molecular complexity index is 602. The van der Waals surface area contributed by atoms with E-state index in [4.69, 9.17) is 0 Å². The molecule has 1 unspecified atom stereocenters. The molecular weight excluding hydrogens is 280 g/mol. The van der Waals surface area contributed by atoms with Crippen LogP contribution in [0, 0.1) is 5.92 Å². The first kappa shape index (κ1) is 16.5. The van der Waals surface area contributed by atoms with Crippen molar-refractivity contribution >= 4 is 16.0 Å². The van der Waals surface area contributed by atoms with Crippen LogP contribution in [0.4, 0.5) is 0 Å². The molecule has 112 valence electrons. The summed E-state index contributed by atoms with van der Waals surface area (Å²) >= 11 is 0. The first-order valence-corrected chi connectivity index (χ1v) is 7.61. The predicted molar refractivity (Wildman–Crippen MR) is 75.9 cm³/mol. The molecule has 1 rings (SSSR count). The number of sulfonamides is 1. The number of nitrogens with one attached hydrogen (secondary N) is 1. The Hall–Kier alpha value is -1.60. The lowest BCUT2D eigenvalue weighted by molar-refractivity contribution is 0.0585. The average Bonchev–Trinajstić information content (AvgIpc) is 2.77. The molecule has 0 aliphatic rings. The van der Waals surface area contributed by atoms with E-state index in [2.05, 4.69) is 16.0 Å². The lowest BCUT2D eigenvalue weighted by Crippen LogP contribution is -2.37. The quantitative estimate of drug-likeness (QED) is 0.634. The van der Waals surface area contributed by atoms with Crippen molar-refractivity contribution in [3.05, 3.63) is 30.6 Å². The molecule has 0 aromatic carbocycles. The van der Waals surface area contributed by atoms with Gasteiger partial charge in [0.1, 0.15) is 10.6 Å². The standard InChI is InChI=1S/C13H20N2O4S/c1-6-10(9(2)3)14-20(17,18)11-7-8-15(4)12(11)13(16)19-5/h6-10,14H,1H2,2-5H3. The third-order valence-corrected chi connectivity index (χ3v) is 4.46. The van der Waals surface area contributed by atoms with Crippen molar-refractivity contribution in [2.75, 3.05) is 7.11 Å². The normalized spacial score (nSPS) is 13.2. The Morgan fingerprint density at radius 3 is 2.55 bits per heavy atom. The molecule has 7 heteroatoms. The van der Waals surface area contributed by atoms with Gasteiger partial charge in [0.15, 0.2) is 0 Å².